The van der Waals surface area contributed by atoms with Crippen molar-refractivity contribution in [2.75, 3.05) is 39.6 Å². The fourth-order valence-corrected chi connectivity index (χ4v) is 12.9. The maximum atomic E-state index is 13.1. The van der Waals surface area contributed by atoms with Crippen LogP contribution in [0.3, 0.4) is 0 Å². The van der Waals surface area contributed by atoms with Crippen molar-refractivity contribution in [3.8, 4) is 0 Å². The van der Waals surface area contributed by atoms with Crippen LogP contribution in [0.5, 0.6) is 0 Å². The van der Waals surface area contributed by atoms with E-state index >= 15 is 0 Å². The van der Waals surface area contributed by atoms with Gasteiger partial charge in [-0.25, -0.2) is 9.13 Å². The Balaban J connectivity index is 5.24. The van der Waals surface area contributed by atoms with Crippen molar-refractivity contribution in [1.29, 1.82) is 0 Å². The molecule has 558 valence electrons. The number of rotatable bonds is 72. The van der Waals surface area contributed by atoms with Crippen molar-refractivity contribution in [3.63, 3.8) is 0 Å². The monoisotopic (exact) mass is 1380 g/mol. The van der Waals surface area contributed by atoms with Gasteiger partial charge in [0.15, 0.2) is 12.2 Å². The Hall–Kier alpha value is -1.94. The smallest absolute Gasteiger partial charge is 0.462 e. The number of carbonyl (C=O) groups excluding carboxylic acids is 4. The molecule has 0 aromatic rings. The third-order valence-electron chi connectivity index (χ3n) is 18.4. The maximum absolute atomic E-state index is 13.1. The predicted molar refractivity (Wildman–Crippen MR) is 381 cm³/mol. The molecule has 0 aliphatic heterocycles. The van der Waals surface area contributed by atoms with E-state index in [1.807, 2.05) is 0 Å². The second kappa shape index (κ2) is 64.4. The Bertz CT molecular complexity index is 1860. The van der Waals surface area contributed by atoms with Gasteiger partial charge < -0.3 is 33.8 Å². The average molecular weight is 1380 g/mol. The fraction of sp³-hybridized carbons (Fsp3) is 0.947. The molecule has 94 heavy (non-hydrogen) atoms. The summed E-state index contributed by atoms with van der Waals surface area (Å²) >= 11 is 0. The quantitative estimate of drug-likeness (QED) is 0.0222. The van der Waals surface area contributed by atoms with Crippen molar-refractivity contribution in [3.05, 3.63) is 0 Å². The van der Waals surface area contributed by atoms with Crippen LogP contribution in [0.2, 0.25) is 0 Å². The SMILES string of the molecule is CCC(C)CCCCCCCCCCCCCCCCC(=O)O[C@H](COC(=O)CCCCCCCCC(C)CC)COP(=O)(O)OC[C@H](O)COP(=O)(O)OC[C@@H](COC(=O)CCCCCCCCCCCCCC(C)C)OC(=O)CCCCCCCCCCC(C)CC. The average Bonchev–Trinajstić information content (AvgIpc) is 1.13. The molecule has 5 unspecified atom stereocenters. The molecule has 0 heterocycles. The summed E-state index contributed by atoms with van der Waals surface area (Å²) in [4.78, 5) is 72.8. The summed E-state index contributed by atoms with van der Waals surface area (Å²) < 4.78 is 68.5. The molecule has 0 bridgehead atoms. The molecule has 8 atom stereocenters. The number of hydrogen-bond acceptors (Lipinski definition) is 15. The van der Waals surface area contributed by atoms with Gasteiger partial charge >= 0.3 is 39.5 Å². The first-order valence-corrected chi connectivity index (χ1v) is 41.8. The lowest BCUT2D eigenvalue weighted by molar-refractivity contribution is -0.161. The van der Waals surface area contributed by atoms with Gasteiger partial charge in [-0.15, -0.1) is 0 Å². The van der Waals surface area contributed by atoms with Crippen molar-refractivity contribution in [2.24, 2.45) is 23.7 Å². The van der Waals surface area contributed by atoms with Crippen LogP contribution in [-0.2, 0) is 65.4 Å². The van der Waals surface area contributed by atoms with Gasteiger partial charge in [0, 0.05) is 25.7 Å². The predicted octanol–water partition coefficient (Wildman–Crippen LogP) is 21.7. The third-order valence-corrected chi connectivity index (χ3v) is 20.3. The van der Waals surface area contributed by atoms with Crippen LogP contribution in [0.25, 0.3) is 0 Å². The first-order valence-electron chi connectivity index (χ1n) is 38.8. The van der Waals surface area contributed by atoms with Crippen LogP contribution < -0.4 is 0 Å². The van der Waals surface area contributed by atoms with Crippen molar-refractivity contribution in [2.45, 2.75) is 395 Å². The largest absolute Gasteiger partial charge is 0.472 e. The van der Waals surface area contributed by atoms with Gasteiger partial charge in [-0.1, -0.05) is 325 Å². The molecule has 0 fully saturated rings. The molecule has 0 saturated heterocycles. The summed E-state index contributed by atoms with van der Waals surface area (Å²) in [6.07, 6.45) is 48.5. The zero-order chi connectivity index (χ0) is 69.6. The zero-order valence-corrected chi connectivity index (χ0v) is 63.4. The Labute approximate surface area is 575 Å². The van der Waals surface area contributed by atoms with Gasteiger partial charge in [-0.05, 0) is 49.4 Å². The van der Waals surface area contributed by atoms with Gasteiger partial charge in [0.1, 0.15) is 19.3 Å². The normalized spacial score (nSPS) is 15.0. The molecular formula is C75H146O17P2. The standard InChI is InChI=1S/C75H146O17P2/c1-9-66(6)52-44-36-28-22-18-14-12-13-15-19-24-31-41-49-57-74(79)91-71(62-86-73(78)56-48-40-34-33-38-46-54-68(8)11-3)64-90-94(83,84)88-60-69(76)59-87-93(81,82)89-63-70(92-75(80)58-50-42-32-26-25-29-37-45-53-67(7)10-2)61-85-72(77)55-47-39-30-23-20-16-17-21-27-35-43-51-65(4)5/h65-71,76H,9-64H2,1-8H3,(H,81,82)(H,83,84)/t66?,67?,68?,69-,70-,71-/m1/s1. The van der Waals surface area contributed by atoms with Crippen molar-refractivity contribution >= 4 is 39.5 Å². The van der Waals surface area contributed by atoms with Crippen LogP contribution in [-0.4, -0.2) is 96.7 Å². The van der Waals surface area contributed by atoms with Gasteiger partial charge in [0.2, 0.25) is 0 Å². The number of aliphatic hydroxyl groups excluding tert-OH is 1. The first-order chi connectivity index (χ1) is 45.2. The molecule has 0 rings (SSSR count). The number of phosphoric acid groups is 2. The number of aliphatic hydroxyl groups is 1. The van der Waals surface area contributed by atoms with E-state index in [0.717, 1.165) is 120 Å². The lowest BCUT2D eigenvalue weighted by Gasteiger charge is -2.21. The van der Waals surface area contributed by atoms with Crippen LogP contribution in [0.15, 0.2) is 0 Å². The van der Waals surface area contributed by atoms with Crippen molar-refractivity contribution in [1.82, 2.24) is 0 Å². The van der Waals surface area contributed by atoms with E-state index in [1.54, 1.807) is 0 Å². The van der Waals surface area contributed by atoms with E-state index in [-0.39, 0.29) is 25.7 Å². The maximum Gasteiger partial charge on any atom is 0.472 e. The summed E-state index contributed by atoms with van der Waals surface area (Å²) in [6, 6.07) is 0. The summed E-state index contributed by atoms with van der Waals surface area (Å²) in [5, 5.41) is 10.6. The number of carbonyl (C=O) groups is 4. The lowest BCUT2D eigenvalue weighted by atomic mass is 9.99. The number of phosphoric ester groups is 2. The van der Waals surface area contributed by atoms with Crippen LogP contribution >= 0.6 is 15.6 Å². The second-order valence-corrected chi connectivity index (χ2v) is 31.1. The van der Waals surface area contributed by atoms with Gasteiger partial charge in [0.25, 0.3) is 0 Å². The van der Waals surface area contributed by atoms with E-state index in [0.29, 0.717) is 25.7 Å². The highest BCUT2D eigenvalue weighted by atomic mass is 31.2. The molecule has 0 radical (unpaired) electrons. The molecule has 0 saturated carbocycles. The Morgan fingerprint density at radius 3 is 0.755 bits per heavy atom. The van der Waals surface area contributed by atoms with E-state index in [1.165, 1.54) is 173 Å². The van der Waals surface area contributed by atoms with Gasteiger partial charge in [0.05, 0.1) is 26.4 Å². The minimum absolute atomic E-state index is 0.104. The van der Waals surface area contributed by atoms with E-state index in [9.17, 15) is 43.2 Å². The molecule has 0 spiro atoms. The second-order valence-electron chi connectivity index (χ2n) is 28.2. The van der Waals surface area contributed by atoms with Gasteiger partial charge in [-0.3, -0.25) is 37.3 Å². The van der Waals surface area contributed by atoms with Crippen molar-refractivity contribution < 1.29 is 80.2 Å². The summed E-state index contributed by atoms with van der Waals surface area (Å²) in [5.41, 5.74) is 0. The van der Waals surface area contributed by atoms with Crippen LogP contribution in [0.4, 0.5) is 0 Å². The number of ether oxygens (including phenoxy) is 4. The lowest BCUT2D eigenvalue weighted by Crippen LogP contribution is -2.30. The Morgan fingerprint density at radius 2 is 0.511 bits per heavy atom. The topological polar surface area (TPSA) is 237 Å². The number of unbranched alkanes of at least 4 members (excludes halogenated alkanes) is 35. The van der Waals surface area contributed by atoms with Crippen LogP contribution in [0, 0.1) is 23.7 Å². The third kappa shape index (κ3) is 64.7. The minimum Gasteiger partial charge on any atom is -0.462 e. The molecule has 19 heteroatoms. The number of esters is 4. The summed E-state index contributed by atoms with van der Waals surface area (Å²) in [6.45, 7) is 14.2. The molecule has 17 nitrogen and oxygen atoms in total. The fourth-order valence-electron chi connectivity index (χ4n) is 11.3. The zero-order valence-electron chi connectivity index (χ0n) is 61.6. The Kier molecular flexibility index (Phi) is 63.1. The highest BCUT2D eigenvalue weighted by Crippen LogP contribution is 2.45. The molecule has 0 aromatic carbocycles. The molecule has 0 aliphatic carbocycles. The molecule has 0 amide bonds. The minimum atomic E-state index is -4.96. The van der Waals surface area contributed by atoms with E-state index in [2.05, 4.69) is 55.4 Å². The highest BCUT2D eigenvalue weighted by Gasteiger charge is 2.30. The van der Waals surface area contributed by atoms with E-state index in [4.69, 9.17) is 37.0 Å². The molecule has 0 aliphatic rings. The molecule has 3 N–H and O–H groups in total. The van der Waals surface area contributed by atoms with Crippen LogP contribution in [0.1, 0.15) is 376 Å². The molecule has 0 aromatic heterocycles. The Morgan fingerprint density at radius 1 is 0.298 bits per heavy atom. The first kappa shape index (κ1) is 92.1. The highest BCUT2D eigenvalue weighted by molar-refractivity contribution is 7.47. The summed E-state index contributed by atoms with van der Waals surface area (Å²) in [7, 11) is -9.91. The van der Waals surface area contributed by atoms with Gasteiger partial charge in [-0.2, -0.15) is 0 Å². The summed E-state index contributed by atoms with van der Waals surface area (Å²) in [5.74, 6) is 0.993. The van der Waals surface area contributed by atoms with E-state index < -0.39 is 97.5 Å². The number of hydrogen-bond donors (Lipinski definition) is 3. The molecular weight excluding hydrogens is 1230 g/mol.